The summed E-state index contributed by atoms with van der Waals surface area (Å²) < 4.78 is 0. The molecule has 1 aromatic carbocycles. The number of anilines is 1. The van der Waals surface area contributed by atoms with Crippen molar-refractivity contribution >= 4 is 11.6 Å². The highest BCUT2D eigenvalue weighted by molar-refractivity contribution is 5.78. The van der Waals surface area contributed by atoms with Crippen LogP contribution in [0.15, 0.2) is 24.3 Å². The van der Waals surface area contributed by atoms with Gasteiger partial charge in [0.2, 0.25) is 5.91 Å². The number of nitrogens with zero attached hydrogens (tertiary/aromatic N) is 1. The SMILES string of the molecule is O=C(NCCN1CCc2ccccc21)C1CCCCC1. The number of benzene rings is 1. The molecule has 3 heteroatoms. The van der Waals surface area contributed by atoms with Crippen LogP contribution in [0.3, 0.4) is 0 Å². The molecule has 0 radical (unpaired) electrons. The van der Waals surface area contributed by atoms with Gasteiger partial charge in [-0.15, -0.1) is 0 Å². The second kappa shape index (κ2) is 6.29. The van der Waals surface area contributed by atoms with Crippen molar-refractivity contribution in [1.29, 1.82) is 0 Å². The molecule has 1 amide bonds. The van der Waals surface area contributed by atoms with Gasteiger partial charge in [0.1, 0.15) is 0 Å². The summed E-state index contributed by atoms with van der Waals surface area (Å²) in [4.78, 5) is 14.5. The van der Waals surface area contributed by atoms with E-state index in [9.17, 15) is 4.79 Å². The number of carbonyl (C=O) groups excluding carboxylic acids is 1. The Hall–Kier alpha value is -1.51. The summed E-state index contributed by atoms with van der Waals surface area (Å²) in [6, 6.07) is 8.59. The lowest BCUT2D eigenvalue weighted by Gasteiger charge is -2.23. The van der Waals surface area contributed by atoms with Crippen molar-refractivity contribution < 1.29 is 4.79 Å². The van der Waals surface area contributed by atoms with Crippen molar-refractivity contribution in [1.82, 2.24) is 5.32 Å². The van der Waals surface area contributed by atoms with Gasteiger partial charge in [-0.25, -0.2) is 0 Å². The first-order chi connectivity index (χ1) is 9.84. The molecular formula is C17H24N2O. The van der Waals surface area contributed by atoms with Gasteiger partial charge in [-0.3, -0.25) is 4.79 Å². The average Bonchev–Trinajstić information content (AvgIpc) is 2.92. The van der Waals surface area contributed by atoms with Crippen LogP contribution < -0.4 is 10.2 Å². The normalized spacial score (nSPS) is 18.9. The molecule has 0 aromatic heterocycles. The summed E-state index contributed by atoms with van der Waals surface area (Å²) in [6.07, 6.45) is 7.03. The molecule has 1 aliphatic heterocycles. The van der Waals surface area contributed by atoms with Gasteiger partial charge in [-0.05, 0) is 30.9 Å². The molecule has 20 heavy (non-hydrogen) atoms. The number of nitrogens with one attached hydrogen (secondary N) is 1. The van der Waals surface area contributed by atoms with E-state index in [-0.39, 0.29) is 11.8 Å². The first-order valence-corrected chi connectivity index (χ1v) is 7.95. The Bertz CT molecular complexity index is 466. The Morgan fingerprint density at radius 3 is 2.85 bits per heavy atom. The molecule has 108 valence electrons. The number of para-hydroxylation sites is 1. The molecule has 2 aliphatic rings. The van der Waals surface area contributed by atoms with E-state index in [1.165, 1.54) is 30.5 Å². The van der Waals surface area contributed by atoms with Crippen LogP contribution in [-0.2, 0) is 11.2 Å². The lowest BCUT2D eigenvalue weighted by Crippen LogP contribution is -2.37. The van der Waals surface area contributed by atoms with Gasteiger partial charge in [0, 0.05) is 31.2 Å². The molecule has 1 fully saturated rings. The maximum absolute atomic E-state index is 12.1. The Morgan fingerprint density at radius 2 is 2.00 bits per heavy atom. The number of hydrogen-bond acceptors (Lipinski definition) is 2. The highest BCUT2D eigenvalue weighted by Crippen LogP contribution is 2.27. The monoisotopic (exact) mass is 272 g/mol. The van der Waals surface area contributed by atoms with Crippen LogP contribution >= 0.6 is 0 Å². The number of hydrogen-bond donors (Lipinski definition) is 1. The second-order valence-corrected chi connectivity index (χ2v) is 5.99. The lowest BCUT2D eigenvalue weighted by atomic mass is 9.89. The van der Waals surface area contributed by atoms with Crippen molar-refractivity contribution in [3.63, 3.8) is 0 Å². The fourth-order valence-electron chi connectivity index (χ4n) is 3.46. The number of rotatable bonds is 4. The number of amides is 1. The van der Waals surface area contributed by atoms with E-state index < -0.39 is 0 Å². The zero-order chi connectivity index (χ0) is 13.8. The Labute approximate surface area is 121 Å². The van der Waals surface area contributed by atoms with Crippen LogP contribution in [0.5, 0.6) is 0 Å². The predicted octanol–water partition coefficient (Wildman–Crippen LogP) is 2.75. The maximum Gasteiger partial charge on any atom is 0.223 e. The molecule has 0 saturated heterocycles. The molecule has 1 aliphatic carbocycles. The minimum Gasteiger partial charge on any atom is -0.369 e. The first kappa shape index (κ1) is 13.5. The summed E-state index contributed by atoms with van der Waals surface area (Å²) >= 11 is 0. The van der Waals surface area contributed by atoms with E-state index >= 15 is 0 Å². The van der Waals surface area contributed by atoms with Gasteiger partial charge in [-0.1, -0.05) is 37.5 Å². The summed E-state index contributed by atoms with van der Waals surface area (Å²) in [5.41, 5.74) is 2.78. The Morgan fingerprint density at radius 1 is 1.20 bits per heavy atom. The fourth-order valence-corrected chi connectivity index (χ4v) is 3.46. The van der Waals surface area contributed by atoms with Gasteiger partial charge in [0.25, 0.3) is 0 Å². The minimum absolute atomic E-state index is 0.273. The maximum atomic E-state index is 12.1. The van der Waals surface area contributed by atoms with Crippen molar-refractivity contribution in [2.45, 2.75) is 38.5 Å². The van der Waals surface area contributed by atoms with Crippen LogP contribution in [0.2, 0.25) is 0 Å². The van der Waals surface area contributed by atoms with Gasteiger partial charge in [0.05, 0.1) is 0 Å². The predicted molar refractivity (Wildman–Crippen MR) is 81.9 cm³/mol. The van der Waals surface area contributed by atoms with Gasteiger partial charge >= 0.3 is 0 Å². The molecule has 3 rings (SSSR count). The zero-order valence-corrected chi connectivity index (χ0v) is 12.1. The van der Waals surface area contributed by atoms with E-state index in [4.69, 9.17) is 0 Å². The molecule has 1 N–H and O–H groups in total. The molecule has 0 unspecified atom stereocenters. The third kappa shape index (κ3) is 2.97. The van der Waals surface area contributed by atoms with Crippen LogP contribution in [0.25, 0.3) is 0 Å². The number of fused-ring (bicyclic) bond motifs is 1. The van der Waals surface area contributed by atoms with Crippen LogP contribution in [0, 0.1) is 5.92 Å². The zero-order valence-electron chi connectivity index (χ0n) is 12.1. The average molecular weight is 272 g/mol. The summed E-state index contributed by atoms with van der Waals surface area (Å²) in [5.74, 6) is 0.548. The molecule has 0 bridgehead atoms. The minimum atomic E-state index is 0.273. The summed E-state index contributed by atoms with van der Waals surface area (Å²) in [7, 11) is 0. The lowest BCUT2D eigenvalue weighted by molar-refractivity contribution is -0.125. The molecule has 3 nitrogen and oxygen atoms in total. The summed E-state index contributed by atoms with van der Waals surface area (Å²) in [6.45, 7) is 2.78. The van der Waals surface area contributed by atoms with E-state index in [0.717, 1.165) is 38.9 Å². The fraction of sp³-hybridized carbons (Fsp3) is 0.588. The third-order valence-electron chi connectivity index (χ3n) is 4.64. The standard InChI is InChI=1S/C17H24N2O/c20-17(15-7-2-1-3-8-15)18-11-13-19-12-10-14-6-4-5-9-16(14)19/h4-6,9,15H,1-3,7-8,10-13H2,(H,18,20). The number of carbonyl (C=O) groups is 1. The van der Waals surface area contributed by atoms with Crippen molar-refractivity contribution in [2.24, 2.45) is 5.92 Å². The van der Waals surface area contributed by atoms with Crippen LogP contribution in [0.4, 0.5) is 5.69 Å². The van der Waals surface area contributed by atoms with E-state index in [0.29, 0.717) is 0 Å². The van der Waals surface area contributed by atoms with E-state index in [2.05, 4.69) is 34.5 Å². The highest BCUT2D eigenvalue weighted by Gasteiger charge is 2.21. The second-order valence-electron chi connectivity index (χ2n) is 5.99. The molecule has 0 atom stereocenters. The van der Waals surface area contributed by atoms with E-state index in [1.54, 1.807) is 0 Å². The van der Waals surface area contributed by atoms with Gasteiger partial charge in [0.15, 0.2) is 0 Å². The van der Waals surface area contributed by atoms with Crippen molar-refractivity contribution in [2.75, 3.05) is 24.5 Å². The Kier molecular flexibility index (Phi) is 4.24. The Balaban J connectivity index is 1.45. The molecule has 1 saturated carbocycles. The largest absolute Gasteiger partial charge is 0.369 e. The van der Waals surface area contributed by atoms with E-state index in [1.807, 2.05) is 0 Å². The smallest absolute Gasteiger partial charge is 0.223 e. The molecule has 1 heterocycles. The van der Waals surface area contributed by atoms with Crippen LogP contribution in [0.1, 0.15) is 37.7 Å². The third-order valence-corrected chi connectivity index (χ3v) is 4.64. The quantitative estimate of drug-likeness (QED) is 0.914. The van der Waals surface area contributed by atoms with Crippen molar-refractivity contribution in [3.05, 3.63) is 29.8 Å². The van der Waals surface area contributed by atoms with Gasteiger partial charge < -0.3 is 10.2 Å². The highest BCUT2D eigenvalue weighted by atomic mass is 16.1. The first-order valence-electron chi connectivity index (χ1n) is 7.95. The summed E-state index contributed by atoms with van der Waals surface area (Å²) in [5, 5.41) is 3.13. The topological polar surface area (TPSA) is 32.3 Å². The van der Waals surface area contributed by atoms with Crippen molar-refractivity contribution in [3.8, 4) is 0 Å². The molecule has 1 aromatic rings. The molecular weight excluding hydrogens is 248 g/mol. The van der Waals surface area contributed by atoms with Gasteiger partial charge in [-0.2, -0.15) is 0 Å². The molecule has 0 spiro atoms. The van der Waals surface area contributed by atoms with Crippen LogP contribution in [-0.4, -0.2) is 25.5 Å².